The van der Waals surface area contributed by atoms with E-state index in [1.807, 2.05) is 0 Å². The Kier molecular flexibility index (Phi) is 5.39. The molecule has 0 radical (unpaired) electrons. The van der Waals surface area contributed by atoms with Crippen LogP contribution in [-0.4, -0.2) is 8.07 Å². The van der Waals surface area contributed by atoms with Gasteiger partial charge in [0.05, 0.1) is 0 Å². The van der Waals surface area contributed by atoms with Crippen molar-refractivity contribution < 1.29 is 17.1 Å². The Labute approximate surface area is 232 Å². The first-order chi connectivity index (χ1) is 18.2. The predicted octanol–water partition coefficient (Wildman–Crippen LogP) is 10.4. The van der Waals surface area contributed by atoms with Crippen molar-refractivity contribution in [1.82, 2.24) is 0 Å². The van der Waals surface area contributed by atoms with Crippen molar-refractivity contribution in [1.29, 1.82) is 0 Å². The molecule has 0 amide bonds. The molecule has 2 heteroatoms. The van der Waals surface area contributed by atoms with Gasteiger partial charge in [0.15, 0.2) is 0 Å². The zero-order chi connectivity index (χ0) is 26.4. The summed E-state index contributed by atoms with van der Waals surface area (Å²) in [6, 6.07) is 36.7. The number of rotatable bonds is 2. The van der Waals surface area contributed by atoms with E-state index in [1.54, 1.807) is 43.8 Å². The van der Waals surface area contributed by atoms with Crippen LogP contribution in [-0.2, 0) is 17.1 Å². The van der Waals surface area contributed by atoms with Gasteiger partial charge in [-0.1, -0.05) is 0 Å². The molecule has 0 aromatic heterocycles. The van der Waals surface area contributed by atoms with E-state index in [4.69, 9.17) is 0 Å². The average molecular weight is 590 g/mol. The van der Waals surface area contributed by atoms with E-state index < -0.39 is 25.2 Å². The standard InChI is InChI=1S/C34H30Si.2CH3.Nb/c1-23-21-27-17-11-19-29(25-13-7-5-8-14-25)31(27)33(23)35(3,4)34-24(2)22-28-18-12-20-30(32(28)34)26-15-9-6-10-16-26;;;/h5-22H,1-4H3;2*1H3;. The van der Waals surface area contributed by atoms with Crippen molar-refractivity contribution in [2.45, 2.75) is 45.5 Å². The van der Waals surface area contributed by atoms with Gasteiger partial charge in [0, 0.05) is 0 Å². The third-order valence-corrected chi connectivity index (χ3v) is 23.2. The van der Waals surface area contributed by atoms with E-state index in [0.717, 1.165) is 0 Å². The molecule has 3 aliphatic rings. The number of allylic oxidation sites excluding steroid dienone is 2. The molecule has 38 heavy (non-hydrogen) atoms. The van der Waals surface area contributed by atoms with Gasteiger partial charge in [-0.25, -0.2) is 0 Å². The van der Waals surface area contributed by atoms with Crippen LogP contribution in [0.1, 0.15) is 44.4 Å². The van der Waals surface area contributed by atoms with Gasteiger partial charge >= 0.3 is 234 Å². The van der Waals surface area contributed by atoms with Crippen LogP contribution in [0.15, 0.2) is 108 Å². The first kappa shape index (κ1) is 24.4. The summed E-state index contributed by atoms with van der Waals surface area (Å²) in [7, 11) is -2.08. The number of fused-ring (bicyclic) bond motifs is 8. The van der Waals surface area contributed by atoms with Crippen LogP contribution in [0.2, 0.25) is 23.4 Å². The Morgan fingerprint density at radius 1 is 0.526 bits per heavy atom. The van der Waals surface area contributed by atoms with Gasteiger partial charge in [0.1, 0.15) is 0 Å². The molecule has 4 aromatic rings. The van der Waals surface area contributed by atoms with E-state index in [0.29, 0.717) is 8.27 Å². The van der Waals surface area contributed by atoms with Gasteiger partial charge in [-0.15, -0.1) is 0 Å². The number of benzene rings is 4. The van der Waals surface area contributed by atoms with E-state index >= 15 is 0 Å². The molecular weight excluding hydrogens is 553 g/mol. The minimum atomic E-state index is -2.73. The monoisotopic (exact) mass is 589 g/mol. The summed E-state index contributed by atoms with van der Waals surface area (Å²) in [6.07, 6.45) is 0. The second-order valence-electron chi connectivity index (χ2n) is 12.4. The second kappa shape index (κ2) is 8.41. The Morgan fingerprint density at radius 2 is 0.921 bits per heavy atom. The third kappa shape index (κ3) is 3.14. The number of hydrogen-bond acceptors (Lipinski definition) is 0. The van der Waals surface area contributed by atoms with E-state index in [1.165, 1.54) is 22.3 Å². The fraction of sp³-hybridized carbons (Fsp3) is 0.222. The van der Waals surface area contributed by atoms with Crippen LogP contribution in [0.25, 0.3) is 32.6 Å². The molecule has 1 heterocycles. The molecule has 0 saturated heterocycles. The van der Waals surface area contributed by atoms with Crippen LogP contribution in [0, 0.1) is 0 Å². The minimum absolute atomic E-state index is 0.613. The van der Waals surface area contributed by atoms with Crippen molar-refractivity contribution in [3.8, 4) is 22.3 Å². The van der Waals surface area contributed by atoms with E-state index in [9.17, 15) is 0 Å². The topological polar surface area (TPSA) is 0 Å². The van der Waals surface area contributed by atoms with Crippen molar-refractivity contribution in [3.05, 3.63) is 130 Å². The average Bonchev–Trinajstić information content (AvgIpc) is 3.41. The zero-order valence-electron chi connectivity index (χ0n) is 23.3. The van der Waals surface area contributed by atoms with Gasteiger partial charge < -0.3 is 0 Å². The summed E-state index contributed by atoms with van der Waals surface area (Å²) in [6.45, 7) is 10.3. The molecule has 0 fully saturated rings. The zero-order valence-corrected chi connectivity index (χ0v) is 26.5. The first-order valence-corrected chi connectivity index (χ1v) is 23.8. The van der Waals surface area contributed by atoms with Gasteiger partial charge in [-0.3, -0.25) is 0 Å². The third-order valence-electron chi connectivity index (χ3n) is 9.64. The molecule has 2 atom stereocenters. The molecule has 4 bridgehead atoms. The Balaban J connectivity index is 1.57. The normalized spacial score (nSPS) is 22.2. The van der Waals surface area contributed by atoms with Crippen molar-refractivity contribution in [3.63, 3.8) is 0 Å². The number of hydrogen-bond donors (Lipinski definition) is 0. The molecule has 4 aromatic carbocycles. The van der Waals surface area contributed by atoms with Crippen LogP contribution < -0.4 is 0 Å². The molecule has 2 aliphatic carbocycles. The SMILES string of the molecule is CC1=C2c3c(-c4ccccc4)cccc3[CH]1[Nb]([CH3])([CH3])[CH]1C(C)=C(c3c(-c4ccccc4)cccc31)[Si]2(C)C. The summed E-state index contributed by atoms with van der Waals surface area (Å²) < 4.78 is 1.23. The Morgan fingerprint density at radius 3 is 1.32 bits per heavy atom. The Hall–Kier alpha value is -2.68. The van der Waals surface area contributed by atoms with Crippen LogP contribution in [0.4, 0.5) is 0 Å². The van der Waals surface area contributed by atoms with Gasteiger partial charge in [0.2, 0.25) is 0 Å². The predicted molar refractivity (Wildman–Crippen MR) is 164 cm³/mol. The van der Waals surface area contributed by atoms with E-state index in [-0.39, 0.29) is 0 Å². The van der Waals surface area contributed by atoms with Gasteiger partial charge in [0.25, 0.3) is 0 Å². The molecule has 0 N–H and O–H groups in total. The molecule has 0 nitrogen and oxygen atoms in total. The quantitative estimate of drug-likeness (QED) is 0.204. The fourth-order valence-corrected chi connectivity index (χ4v) is 24.4. The maximum atomic E-state index is 2.74. The fourth-order valence-electron chi connectivity index (χ4n) is 8.60. The summed E-state index contributed by atoms with van der Waals surface area (Å²) in [5, 5.41) is 8.93. The van der Waals surface area contributed by atoms with Crippen LogP contribution in [0.3, 0.4) is 0 Å². The molecule has 7 rings (SSSR count). The van der Waals surface area contributed by atoms with Crippen molar-refractivity contribution >= 4 is 18.5 Å². The summed E-state index contributed by atoms with van der Waals surface area (Å²) in [5.74, 6) is 0. The molecule has 2 unspecified atom stereocenters. The maximum absolute atomic E-state index is 2.74. The molecule has 0 spiro atoms. The molecule has 0 saturated carbocycles. The summed E-state index contributed by atoms with van der Waals surface area (Å²) in [5.41, 5.74) is 15.5. The first-order valence-electron chi connectivity index (χ1n) is 13.9. The Bertz CT molecular complexity index is 1550. The van der Waals surface area contributed by atoms with Crippen molar-refractivity contribution in [2.24, 2.45) is 0 Å². The molecule has 189 valence electrons. The molecular formula is C36H36NbSi. The van der Waals surface area contributed by atoms with Crippen LogP contribution in [0.5, 0.6) is 0 Å². The summed E-state index contributed by atoms with van der Waals surface area (Å²) in [4.78, 5) is 0. The van der Waals surface area contributed by atoms with Gasteiger partial charge in [-0.05, 0) is 0 Å². The van der Waals surface area contributed by atoms with Crippen LogP contribution >= 0.6 is 0 Å². The molecule has 1 aliphatic heterocycles. The summed E-state index contributed by atoms with van der Waals surface area (Å²) >= 11 is -2.73. The second-order valence-corrected chi connectivity index (χ2v) is 27.2. The van der Waals surface area contributed by atoms with Crippen molar-refractivity contribution in [2.75, 3.05) is 0 Å². The van der Waals surface area contributed by atoms with Gasteiger partial charge in [-0.2, -0.15) is 0 Å². The van der Waals surface area contributed by atoms with E-state index in [2.05, 4.69) is 134 Å².